The summed E-state index contributed by atoms with van der Waals surface area (Å²) in [6.45, 7) is 1.93. The van der Waals surface area contributed by atoms with Crippen LogP contribution in [0.1, 0.15) is 18.7 Å². The molecule has 0 saturated heterocycles. The van der Waals surface area contributed by atoms with Crippen molar-refractivity contribution in [1.29, 1.82) is 0 Å². The van der Waals surface area contributed by atoms with E-state index < -0.39 is 0 Å². The highest BCUT2D eigenvalue weighted by Gasteiger charge is 2.08. The Balaban J connectivity index is 3.03. The van der Waals surface area contributed by atoms with Crippen molar-refractivity contribution in [3.8, 4) is 0 Å². The number of halogens is 1. The predicted octanol–water partition coefficient (Wildman–Crippen LogP) is 0.433. The largest absolute Gasteiger partial charge is 0.350 e. The Labute approximate surface area is 64.2 Å². The Morgan fingerprint density at radius 2 is 2.10 bits per heavy atom. The fourth-order valence-electron chi connectivity index (χ4n) is 0.662. The van der Waals surface area contributed by atoms with Crippen molar-refractivity contribution in [3.05, 3.63) is 23.2 Å². The first-order valence-electron chi connectivity index (χ1n) is 3.01. The quantitative estimate of drug-likeness (QED) is 0.645. The fraction of sp³-hybridized carbons (Fsp3) is 0.333. The van der Waals surface area contributed by atoms with Gasteiger partial charge in [-0.2, -0.15) is 0 Å². The molecule has 0 radical (unpaired) electrons. The third-order valence-electron chi connectivity index (χ3n) is 1.15. The minimum absolute atomic E-state index is 0.0983. The van der Waals surface area contributed by atoms with Gasteiger partial charge < -0.3 is 5.73 Å². The zero-order valence-corrected chi connectivity index (χ0v) is 6.47. The van der Waals surface area contributed by atoms with Gasteiger partial charge >= 0.3 is 0 Å². The summed E-state index contributed by atoms with van der Waals surface area (Å²) in [7, 11) is 0. The van der Waals surface area contributed by atoms with Crippen molar-refractivity contribution in [2.75, 3.05) is 0 Å². The lowest BCUT2D eigenvalue weighted by atomic mass is 10.3. The smallest absolute Gasteiger partial charge is 0.156 e. The van der Waals surface area contributed by atoms with E-state index in [0.717, 1.165) is 5.69 Å². The molecule has 0 fully saturated rings. The number of quaternary nitrogens is 1. The standard InChI is InChI=1S/C6H8ClN3/c1-4(8)5-6(7)10-3-2-9-5/h2-4H,8H2,1H3/p+1. The predicted molar refractivity (Wildman–Crippen MR) is 38.3 cm³/mol. The lowest BCUT2D eigenvalue weighted by Gasteiger charge is -2.00. The van der Waals surface area contributed by atoms with Gasteiger partial charge in [-0.3, -0.25) is 4.98 Å². The molecule has 3 N–H and O–H groups in total. The Bertz CT molecular complexity index is 224. The van der Waals surface area contributed by atoms with E-state index in [1.54, 1.807) is 12.4 Å². The lowest BCUT2D eigenvalue weighted by Crippen LogP contribution is -2.52. The molecule has 1 aromatic rings. The van der Waals surface area contributed by atoms with Gasteiger partial charge in [0.15, 0.2) is 5.15 Å². The monoisotopic (exact) mass is 158 g/mol. The summed E-state index contributed by atoms with van der Waals surface area (Å²) in [6, 6.07) is 0.0983. The second-order valence-corrected chi connectivity index (χ2v) is 2.49. The Hall–Kier alpha value is -0.670. The van der Waals surface area contributed by atoms with E-state index in [2.05, 4.69) is 15.7 Å². The molecule has 1 unspecified atom stereocenters. The van der Waals surface area contributed by atoms with Gasteiger partial charge in [0.1, 0.15) is 11.7 Å². The minimum Gasteiger partial charge on any atom is -0.350 e. The number of hydrogen-bond acceptors (Lipinski definition) is 2. The highest BCUT2D eigenvalue weighted by Crippen LogP contribution is 2.12. The molecule has 0 aromatic carbocycles. The van der Waals surface area contributed by atoms with E-state index in [1.807, 2.05) is 6.92 Å². The molecule has 10 heavy (non-hydrogen) atoms. The first-order chi connectivity index (χ1) is 4.72. The topological polar surface area (TPSA) is 53.4 Å². The normalized spacial score (nSPS) is 13.1. The van der Waals surface area contributed by atoms with Gasteiger partial charge in [-0.05, 0) is 6.92 Å². The maximum absolute atomic E-state index is 5.71. The average Bonchev–Trinajstić information content (AvgIpc) is 1.88. The molecule has 0 aliphatic heterocycles. The SMILES string of the molecule is CC([NH3+])c1nccnc1Cl. The first kappa shape index (κ1) is 7.44. The van der Waals surface area contributed by atoms with Crippen molar-refractivity contribution in [2.24, 2.45) is 0 Å². The van der Waals surface area contributed by atoms with Crippen LogP contribution in [0.5, 0.6) is 0 Å². The van der Waals surface area contributed by atoms with Gasteiger partial charge in [0, 0.05) is 12.4 Å². The minimum atomic E-state index is 0.0983. The van der Waals surface area contributed by atoms with Crippen molar-refractivity contribution in [1.82, 2.24) is 9.97 Å². The molecule has 54 valence electrons. The van der Waals surface area contributed by atoms with Gasteiger partial charge in [0.25, 0.3) is 0 Å². The van der Waals surface area contributed by atoms with E-state index in [4.69, 9.17) is 11.6 Å². The van der Waals surface area contributed by atoms with Crippen molar-refractivity contribution in [3.63, 3.8) is 0 Å². The number of nitrogens with zero attached hydrogens (tertiary/aromatic N) is 2. The summed E-state index contributed by atoms with van der Waals surface area (Å²) in [5.74, 6) is 0. The van der Waals surface area contributed by atoms with Gasteiger partial charge in [-0.25, -0.2) is 4.98 Å². The van der Waals surface area contributed by atoms with Crippen molar-refractivity contribution >= 4 is 11.6 Å². The molecule has 1 rings (SSSR count). The van der Waals surface area contributed by atoms with E-state index in [9.17, 15) is 0 Å². The van der Waals surface area contributed by atoms with Crippen LogP contribution in [0.3, 0.4) is 0 Å². The van der Waals surface area contributed by atoms with Gasteiger partial charge in [-0.15, -0.1) is 0 Å². The summed E-state index contributed by atoms with van der Waals surface area (Å²) >= 11 is 5.71. The summed E-state index contributed by atoms with van der Waals surface area (Å²) in [4.78, 5) is 7.88. The number of rotatable bonds is 1. The molecule has 1 aromatic heterocycles. The molecule has 0 spiro atoms. The van der Waals surface area contributed by atoms with E-state index in [0.29, 0.717) is 5.15 Å². The number of aromatic nitrogens is 2. The molecule has 0 amide bonds. The maximum Gasteiger partial charge on any atom is 0.156 e. The third kappa shape index (κ3) is 1.43. The van der Waals surface area contributed by atoms with Crippen LogP contribution in [-0.4, -0.2) is 9.97 Å². The van der Waals surface area contributed by atoms with E-state index in [-0.39, 0.29) is 6.04 Å². The van der Waals surface area contributed by atoms with Crippen LogP contribution in [-0.2, 0) is 0 Å². The average molecular weight is 159 g/mol. The van der Waals surface area contributed by atoms with Crippen molar-refractivity contribution < 1.29 is 5.73 Å². The zero-order chi connectivity index (χ0) is 7.56. The fourth-order valence-corrected chi connectivity index (χ4v) is 0.954. The highest BCUT2D eigenvalue weighted by atomic mass is 35.5. The van der Waals surface area contributed by atoms with Crippen LogP contribution in [0.15, 0.2) is 12.4 Å². The second-order valence-electron chi connectivity index (χ2n) is 2.13. The second kappa shape index (κ2) is 2.94. The third-order valence-corrected chi connectivity index (χ3v) is 1.44. The van der Waals surface area contributed by atoms with E-state index >= 15 is 0 Å². The van der Waals surface area contributed by atoms with Gasteiger partial charge in [-0.1, -0.05) is 11.6 Å². The van der Waals surface area contributed by atoms with Crippen LogP contribution in [0.4, 0.5) is 0 Å². The molecule has 0 aliphatic rings. The summed E-state index contributed by atoms with van der Waals surface area (Å²) in [6.07, 6.45) is 3.18. The summed E-state index contributed by atoms with van der Waals surface area (Å²) in [5.41, 5.74) is 4.54. The Morgan fingerprint density at radius 1 is 1.50 bits per heavy atom. The molecule has 3 nitrogen and oxygen atoms in total. The first-order valence-corrected chi connectivity index (χ1v) is 3.39. The molecule has 0 aliphatic carbocycles. The molecule has 0 saturated carbocycles. The zero-order valence-electron chi connectivity index (χ0n) is 5.71. The van der Waals surface area contributed by atoms with E-state index in [1.165, 1.54) is 0 Å². The summed E-state index contributed by atoms with van der Waals surface area (Å²) in [5, 5.41) is 0.449. The van der Waals surface area contributed by atoms with Crippen LogP contribution in [0, 0.1) is 0 Å². The summed E-state index contributed by atoms with van der Waals surface area (Å²) < 4.78 is 0. The molecular weight excluding hydrogens is 150 g/mol. The van der Waals surface area contributed by atoms with Crippen molar-refractivity contribution in [2.45, 2.75) is 13.0 Å². The van der Waals surface area contributed by atoms with Crippen LogP contribution in [0.25, 0.3) is 0 Å². The lowest BCUT2D eigenvalue weighted by molar-refractivity contribution is -0.421. The highest BCUT2D eigenvalue weighted by molar-refractivity contribution is 6.30. The molecular formula is C6H9ClN3+. The Morgan fingerprint density at radius 3 is 2.50 bits per heavy atom. The van der Waals surface area contributed by atoms with Crippen LogP contribution in [0.2, 0.25) is 5.15 Å². The Kier molecular flexibility index (Phi) is 2.19. The number of hydrogen-bond donors (Lipinski definition) is 1. The van der Waals surface area contributed by atoms with Crippen LogP contribution < -0.4 is 5.73 Å². The molecule has 1 atom stereocenters. The van der Waals surface area contributed by atoms with Crippen LogP contribution >= 0.6 is 11.6 Å². The molecule has 4 heteroatoms. The molecule has 0 bridgehead atoms. The van der Waals surface area contributed by atoms with Gasteiger partial charge in [0.2, 0.25) is 0 Å². The maximum atomic E-state index is 5.71. The van der Waals surface area contributed by atoms with Gasteiger partial charge in [0.05, 0.1) is 0 Å². The molecule has 1 heterocycles.